The first kappa shape index (κ1) is 22.7. The van der Waals surface area contributed by atoms with E-state index in [-0.39, 0.29) is 17.3 Å². The molecule has 0 saturated heterocycles. The monoisotopic (exact) mass is 471 g/mol. The standard InChI is InChI=1S/C20H17N5O3S3/c26-18(22-21-12-6-10-16-9-4-5-11-17(16)25(27)28)14-30-20-24-23-19(31-20)29-13-15-7-2-1-3-8-15/h1-12H,13-14H2,(H,22,26)/b10-6-,21-12+. The fourth-order valence-electron chi connectivity index (χ4n) is 2.29. The topological polar surface area (TPSA) is 110 Å². The summed E-state index contributed by atoms with van der Waals surface area (Å²) >= 11 is 4.34. The number of hydrogen-bond donors (Lipinski definition) is 1. The number of allylic oxidation sites excluding steroid dienone is 1. The van der Waals surface area contributed by atoms with Crippen LogP contribution in [0.3, 0.4) is 0 Å². The highest BCUT2D eigenvalue weighted by atomic mass is 32.2. The van der Waals surface area contributed by atoms with Gasteiger partial charge in [0.05, 0.1) is 16.2 Å². The number of nitro benzene ring substituents is 1. The number of benzene rings is 2. The number of nitrogens with zero attached hydrogens (tertiary/aromatic N) is 4. The smallest absolute Gasteiger partial charge is 0.272 e. The van der Waals surface area contributed by atoms with Crippen LogP contribution >= 0.6 is 34.9 Å². The van der Waals surface area contributed by atoms with Gasteiger partial charge in [-0.2, -0.15) is 5.10 Å². The van der Waals surface area contributed by atoms with Crippen LogP contribution in [0.2, 0.25) is 0 Å². The Labute approximate surface area is 191 Å². The number of para-hydroxylation sites is 1. The summed E-state index contributed by atoms with van der Waals surface area (Å²) in [5, 5.41) is 23.0. The summed E-state index contributed by atoms with van der Waals surface area (Å²) in [5.41, 5.74) is 4.08. The molecule has 0 unspecified atom stereocenters. The van der Waals surface area contributed by atoms with Gasteiger partial charge >= 0.3 is 0 Å². The summed E-state index contributed by atoms with van der Waals surface area (Å²) in [6.45, 7) is 0. The molecule has 1 amide bonds. The maximum Gasteiger partial charge on any atom is 0.276 e. The van der Waals surface area contributed by atoms with Crippen LogP contribution < -0.4 is 5.43 Å². The van der Waals surface area contributed by atoms with Gasteiger partial charge < -0.3 is 0 Å². The zero-order valence-electron chi connectivity index (χ0n) is 16.1. The van der Waals surface area contributed by atoms with Crippen LogP contribution in [0, 0.1) is 10.1 Å². The van der Waals surface area contributed by atoms with Crippen molar-refractivity contribution < 1.29 is 9.72 Å². The molecule has 1 N–H and O–H groups in total. The molecule has 1 aromatic heterocycles. The van der Waals surface area contributed by atoms with E-state index >= 15 is 0 Å². The second-order valence-electron chi connectivity index (χ2n) is 5.89. The molecule has 2 aromatic carbocycles. The van der Waals surface area contributed by atoms with E-state index in [1.165, 1.54) is 47.0 Å². The second-order valence-corrected chi connectivity index (χ2v) is 9.31. The van der Waals surface area contributed by atoms with Crippen molar-refractivity contribution in [3.05, 3.63) is 81.9 Å². The van der Waals surface area contributed by atoms with Crippen molar-refractivity contribution in [3.63, 3.8) is 0 Å². The molecule has 11 heteroatoms. The van der Waals surface area contributed by atoms with E-state index in [2.05, 4.69) is 32.9 Å². The van der Waals surface area contributed by atoms with Crippen molar-refractivity contribution >= 4 is 58.7 Å². The van der Waals surface area contributed by atoms with Crippen molar-refractivity contribution in [2.45, 2.75) is 14.4 Å². The molecule has 0 spiro atoms. The third-order valence-electron chi connectivity index (χ3n) is 3.68. The number of nitro groups is 1. The molecule has 0 radical (unpaired) electrons. The lowest BCUT2D eigenvalue weighted by Gasteiger charge is -1.97. The molecule has 8 nitrogen and oxygen atoms in total. The molecule has 0 bridgehead atoms. The predicted octanol–water partition coefficient (Wildman–Crippen LogP) is 4.65. The number of aromatic nitrogens is 2. The molecule has 0 aliphatic rings. The highest BCUT2D eigenvalue weighted by Crippen LogP contribution is 2.30. The van der Waals surface area contributed by atoms with Gasteiger partial charge in [-0.1, -0.05) is 77.3 Å². The fourth-order valence-corrected chi connectivity index (χ4v) is 5.05. The summed E-state index contributed by atoms with van der Waals surface area (Å²) in [4.78, 5) is 22.4. The number of rotatable bonds is 10. The van der Waals surface area contributed by atoms with Crippen LogP contribution in [-0.2, 0) is 10.5 Å². The quantitative estimate of drug-likeness (QED) is 0.198. The summed E-state index contributed by atoms with van der Waals surface area (Å²) in [7, 11) is 0. The van der Waals surface area contributed by atoms with E-state index in [9.17, 15) is 14.9 Å². The molecule has 3 rings (SSSR count). The lowest BCUT2D eigenvalue weighted by atomic mass is 10.2. The molecule has 31 heavy (non-hydrogen) atoms. The number of carbonyl (C=O) groups excluding carboxylic acids is 1. The molecule has 1 heterocycles. The summed E-state index contributed by atoms with van der Waals surface area (Å²) in [6, 6.07) is 16.5. The molecule has 0 aliphatic heterocycles. The molecule has 0 saturated carbocycles. The van der Waals surface area contributed by atoms with E-state index in [4.69, 9.17) is 0 Å². The number of hydrogen-bond acceptors (Lipinski definition) is 9. The SMILES string of the molecule is O=C(CSc1nnc(SCc2ccccc2)s1)N/N=C/C=C\c1ccccc1[N+](=O)[O-]. The predicted molar refractivity (Wildman–Crippen MR) is 125 cm³/mol. The van der Waals surface area contributed by atoms with E-state index in [0.29, 0.717) is 9.90 Å². The molecule has 158 valence electrons. The van der Waals surface area contributed by atoms with Gasteiger partial charge in [-0.15, -0.1) is 10.2 Å². The van der Waals surface area contributed by atoms with Crippen LogP contribution in [0.1, 0.15) is 11.1 Å². The van der Waals surface area contributed by atoms with Crippen LogP contribution in [-0.4, -0.2) is 33.0 Å². The second kappa shape index (κ2) is 12.0. The summed E-state index contributed by atoms with van der Waals surface area (Å²) in [5.74, 6) is 0.687. The van der Waals surface area contributed by atoms with Crippen molar-refractivity contribution in [1.82, 2.24) is 15.6 Å². The number of carbonyl (C=O) groups is 1. The zero-order chi connectivity index (χ0) is 21.9. The number of thioether (sulfide) groups is 2. The first-order valence-corrected chi connectivity index (χ1v) is 11.8. The Morgan fingerprint density at radius 1 is 1.10 bits per heavy atom. The van der Waals surface area contributed by atoms with Gasteiger partial charge in [0.2, 0.25) is 0 Å². The third-order valence-corrected chi connectivity index (χ3v) is 6.94. The first-order chi connectivity index (χ1) is 15.1. The molecule has 0 aliphatic carbocycles. The van der Waals surface area contributed by atoms with E-state index in [0.717, 1.165) is 10.1 Å². The lowest BCUT2D eigenvalue weighted by molar-refractivity contribution is -0.385. The van der Waals surface area contributed by atoms with Gasteiger partial charge in [-0.3, -0.25) is 14.9 Å². The average Bonchev–Trinajstić information content (AvgIpc) is 3.25. The normalized spacial score (nSPS) is 11.2. The Hall–Kier alpha value is -3.02. The lowest BCUT2D eigenvalue weighted by Crippen LogP contribution is -2.19. The van der Waals surface area contributed by atoms with E-state index in [1.807, 2.05) is 18.2 Å². The Bertz CT molecular complexity index is 1090. The minimum absolute atomic E-state index is 0.00550. The van der Waals surface area contributed by atoms with Crippen LogP contribution in [0.25, 0.3) is 6.08 Å². The van der Waals surface area contributed by atoms with Crippen molar-refractivity contribution in [1.29, 1.82) is 0 Å². The van der Waals surface area contributed by atoms with Crippen molar-refractivity contribution in [3.8, 4) is 0 Å². The largest absolute Gasteiger partial charge is 0.276 e. The molecular weight excluding hydrogens is 454 g/mol. The highest BCUT2D eigenvalue weighted by molar-refractivity contribution is 8.03. The van der Waals surface area contributed by atoms with E-state index in [1.54, 1.807) is 36.0 Å². The van der Waals surface area contributed by atoms with Crippen LogP contribution in [0.5, 0.6) is 0 Å². The Balaban J connectivity index is 1.39. The summed E-state index contributed by atoms with van der Waals surface area (Å²) < 4.78 is 1.57. The maximum absolute atomic E-state index is 11.9. The Morgan fingerprint density at radius 3 is 2.58 bits per heavy atom. The van der Waals surface area contributed by atoms with Crippen LogP contribution in [0.15, 0.2) is 74.5 Å². The van der Waals surface area contributed by atoms with Gasteiger partial charge in [-0.05, 0) is 23.8 Å². The summed E-state index contributed by atoms with van der Waals surface area (Å²) in [6.07, 6.45) is 4.44. The zero-order valence-corrected chi connectivity index (χ0v) is 18.5. The number of hydrazone groups is 1. The van der Waals surface area contributed by atoms with Gasteiger partial charge in [0.1, 0.15) is 0 Å². The molecule has 0 fully saturated rings. The minimum Gasteiger partial charge on any atom is -0.272 e. The van der Waals surface area contributed by atoms with Gasteiger partial charge in [-0.25, -0.2) is 5.43 Å². The molecular formula is C20H17N5O3S3. The Morgan fingerprint density at radius 2 is 1.81 bits per heavy atom. The first-order valence-electron chi connectivity index (χ1n) is 8.97. The molecule has 0 atom stereocenters. The Kier molecular flexibility index (Phi) is 8.76. The number of amides is 1. The average molecular weight is 472 g/mol. The van der Waals surface area contributed by atoms with Crippen molar-refractivity contribution in [2.75, 3.05) is 5.75 Å². The van der Waals surface area contributed by atoms with Gasteiger partial charge in [0.25, 0.3) is 11.6 Å². The maximum atomic E-state index is 11.9. The third kappa shape index (κ3) is 7.63. The highest BCUT2D eigenvalue weighted by Gasteiger charge is 2.09. The van der Waals surface area contributed by atoms with E-state index < -0.39 is 4.92 Å². The van der Waals surface area contributed by atoms with Crippen LogP contribution in [0.4, 0.5) is 5.69 Å². The number of nitrogens with one attached hydrogen (secondary N) is 1. The van der Waals surface area contributed by atoms with Crippen molar-refractivity contribution in [2.24, 2.45) is 5.10 Å². The van der Waals surface area contributed by atoms with Gasteiger partial charge in [0.15, 0.2) is 8.68 Å². The van der Waals surface area contributed by atoms with Gasteiger partial charge in [0, 0.05) is 18.0 Å². The fraction of sp³-hybridized carbons (Fsp3) is 0.100. The molecule has 3 aromatic rings. The minimum atomic E-state index is -0.450.